The van der Waals surface area contributed by atoms with Crippen molar-refractivity contribution in [2.75, 3.05) is 18.1 Å². The van der Waals surface area contributed by atoms with Crippen LogP contribution >= 0.6 is 23.4 Å². The molecule has 0 amide bonds. The molecule has 2 rings (SSSR count). The van der Waals surface area contributed by atoms with E-state index < -0.39 is 0 Å². The maximum Gasteiger partial charge on any atom is 0.123 e. The molecule has 1 heterocycles. The Kier molecular flexibility index (Phi) is 6.66. The van der Waals surface area contributed by atoms with Gasteiger partial charge in [-0.2, -0.15) is 11.8 Å². The Morgan fingerprint density at radius 2 is 2.15 bits per heavy atom. The van der Waals surface area contributed by atoms with Crippen molar-refractivity contribution in [3.8, 4) is 0 Å². The Morgan fingerprint density at radius 3 is 2.85 bits per heavy atom. The molecule has 1 aromatic rings. The van der Waals surface area contributed by atoms with Crippen molar-refractivity contribution >= 4 is 23.4 Å². The maximum atomic E-state index is 13.5. The molecule has 0 aliphatic carbocycles. The predicted molar refractivity (Wildman–Crippen MR) is 87.1 cm³/mol. The summed E-state index contributed by atoms with van der Waals surface area (Å²) in [6.07, 6.45) is 4.66. The fourth-order valence-corrected chi connectivity index (χ4v) is 4.19. The van der Waals surface area contributed by atoms with Crippen molar-refractivity contribution in [2.45, 2.75) is 38.6 Å². The second-order valence-electron chi connectivity index (χ2n) is 5.46. The van der Waals surface area contributed by atoms with E-state index in [4.69, 9.17) is 11.6 Å². The Balaban J connectivity index is 2.10. The lowest BCUT2D eigenvalue weighted by Gasteiger charge is -2.28. The van der Waals surface area contributed by atoms with Crippen molar-refractivity contribution < 1.29 is 4.39 Å². The van der Waals surface area contributed by atoms with Crippen molar-refractivity contribution in [1.82, 2.24) is 5.32 Å². The van der Waals surface area contributed by atoms with E-state index in [1.807, 2.05) is 11.8 Å². The smallest absolute Gasteiger partial charge is 0.123 e. The lowest BCUT2D eigenvalue weighted by Crippen LogP contribution is -2.26. The topological polar surface area (TPSA) is 12.0 Å². The first kappa shape index (κ1) is 16.1. The van der Waals surface area contributed by atoms with Gasteiger partial charge in [-0.15, -0.1) is 0 Å². The highest BCUT2D eigenvalue weighted by Gasteiger charge is 2.22. The first-order valence-electron chi connectivity index (χ1n) is 7.46. The fourth-order valence-electron chi connectivity index (χ4n) is 2.74. The third-order valence-electron chi connectivity index (χ3n) is 3.88. The molecule has 112 valence electrons. The van der Waals surface area contributed by atoms with E-state index in [1.54, 1.807) is 12.1 Å². The number of hydrogen-bond donors (Lipinski definition) is 1. The van der Waals surface area contributed by atoms with E-state index in [1.165, 1.54) is 30.4 Å². The zero-order chi connectivity index (χ0) is 14.4. The Labute approximate surface area is 130 Å². The van der Waals surface area contributed by atoms with Gasteiger partial charge in [-0.1, -0.05) is 18.5 Å². The first-order valence-corrected chi connectivity index (χ1v) is 9.00. The van der Waals surface area contributed by atoms with Crippen LogP contribution in [0, 0.1) is 11.7 Å². The van der Waals surface area contributed by atoms with Gasteiger partial charge in [-0.25, -0.2) is 4.39 Å². The van der Waals surface area contributed by atoms with E-state index in [0.29, 0.717) is 5.02 Å². The van der Waals surface area contributed by atoms with Gasteiger partial charge in [0.2, 0.25) is 0 Å². The van der Waals surface area contributed by atoms with E-state index in [-0.39, 0.29) is 11.9 Å². The summed E-state index contributed by atoms with van der Waals surface area (Å²) in [5, 5.41) is 4.21. The zero-order valence-electron chi connectivity index (χ0n) is 12.0. The highest BCUT2D eigenvalue weighted by Crippen LogP contribution is 2.33. The summed E-state index contributed by atoms with van der Waals surface area (Å²) in [7, 11) is 0. The number of thioether (sulfide) groups is 1. The summed E-state index contributed by atoms with van der Waals surface area (Å²) in [5.74, 6) is 3.03. The third kappa shape index (κ3) is 4.64. The highest BCUT2D eigenvalue weighted by molar-refractivity contribution is 7.99. The molecule has 0 radical (unpaired) electrons. The Bertz CT molecular complexity index is 421. The molecule has 1 fully saturated rings. The quantitative estimate of drug-likeness (QED) is 0.788. The van der Waals surface area contributed by atoms with Gasteiger partial charge in [-0.3, -0.25) is 0 Å². The fraction of sp³-hybridized carbons (Fsp3) is 0.625. The minimum absolute atomic E-state index is 0.172. The summed E-state index contributed by atoms with van der Waals surface area (Å²) < 4.78 is 13.5. The molecule has 0 spiro atoms. The number of halogens is 2. The summed E-state index contributed by atoms with van der Waals surface area (Å²) in [6.45, 7) is 3.09. The standard InChI is InChI=1S/C16H23ClFNS/c1-2-7-19-16(10-12-5-8-20-9-6-12)14-11-13(18)3-4-15(14)17/h3-4,11-12,16,19H,2,5-10H2,1H3. The van der Waals surface area contributed by atoms with Crippen LogP contribution in [0.15, 0.2) is 18.2 Å². The van der Waals surface area contributed by atoms with Crippen molar-refractivity contribution in [3.63, 3.8) is 0 Å². The van der Waals surface area contributed by atoms with Gasteiger partial charge in [-0.05, 0) is 73.4 Å². The number of hydrogen-bond acceptors (Lipinski definition) is 2. The van der Waals surface area contributed by atoms with Crippen LogP contribution in [-0.2, 0) is 0 Å². The molecule has 20 heavy (non-hydrogen) atoms. The molecule has 1 atom stereocenters. The van der Waals surface area contributed by atoms with Crippen molar-refractivity contribution in [1.29, 1.82) is 0 Å². The van der Waals surface area contributed by atoms with Crippen LogP contribution in [0.5, 0.6) is 0 Å². The predicted octanol–water partition coefficient (Wildman–Crippen LogP) is 5.05. The normalized spacial score (nSPS) is 18.1. The van der Waals surface area contributed by atoms with E-state index in [9.17, 15) is 4.39 Å². The monoisotopic (exact) mass is 315 g/mol. The van der Waals surface area contributed by atoms with Crippen LogP contribution in [0.2, 0.25) is 5.02 Å². The van der Waals surface area contributed by atoms with E-state index >= 15 is 0 Å². The SMILES string of the molecule is CCCNC(CC1CCSCC1)c1cc(F)ccc1Cl. The molecule has 1 unspecified atom stereocenters. The van der Waals surface area contributed by atoms with E-state index in [0.717, 1.165) is 30.9 Å². The van der Waals surface area contributed by atoms with Crippen LogP contribution in [0.1, 0.15) is 44.2 Å². The summed E-state index contributed by atoms with van der Waals surface area (Å²) in [4.78, 5) is 0. The van der Waals surface area contributed by atoms with Gasteiger partial charge < -0.3 is 5.32 Å². The molecule has 1 nitrogen and oxygen atoms in total. The van der Waals surface area contributed by atoms with Gasteiger partial charge in [0.25, 0.3) is 0 Å². The second kappa shape index (κ2) is 8.26. The van der Waals surface area contributed by atoms with Gasteiger partial charge in [0.1, 0.15) is 5.82 Å². The van der Waals surface area contributed by atoms with Gasteiger partial charge >= 0.3 is 0 Å². The lowest BCUT2D eigenvalue weighted by molar-refractivity contribution is 0.369. The van der Waals surface area contributed by atoms with Crippen molar-refractivity contribution in [2.24, 2.45) is 5.92 Å². The molecule has 0 bridgehead atoms. The van der Waals surface area contributed by atoms with Crippen LogP contribution in [0.4, 0.5) is 4.39 Å². The molecule has 4 heteroatoms. The molecule has 0 aromatic heterocycles. The molecule has 1 aromatic carbocycles. The minimum atomic E-state index is -0.202. The number of nitrogens with one attached hydrogen (secondary N) is 1. The third-order valence-corrected chi connectivity index (χ3v) is 5.28. The summed E-state index contributed by atoms with van der Waals surface area (Å²) in [5.41, 5.74) is 0.915. The molecule has 0 saturated carbocycles. The van der Waals surface area contributed by atoms with Gasteiger partial charge in [0.05, 0.1) is 0 Å². The average molecular weight is 316 g/mol. The molecule has 1 saturated heterocycles. The molecule has 1 aliphatic rings. The largest absolute Gasteiger partial charge is 0.310 e. The van der Waals surface area contributed by atoms with Gasteiger partial charge in [0.15, 0.2) is 0 Å². The molecular weight excluding hydrogens is 293 g/mol. The number of benzene rings is 1. The first-order chi connectivity index (χ1) is 9.70. The van der Waals surface area contributed by atoms with Crippen LogP contribution < -0.4 is 5.32 Å². The average Bonchev–Trinajstić information content (AvgIpc) is 2.47. The Hall–Kier alpha value is -0.250. The zero-order valence-corrected chi connectivity index (χ0v) is 13.6. The maximum absolute atomic E-state index is 13.5. The molecular formula is C16H23ClFNS. The van der Waals surface area contributed by atoms with Crippen molar-refractivity contribution in [3.05, 3.63) is 34.6 Å². The summed E-state index contributed by atoms with van der Waals surface area (Å²) in [6, 6.07) is 4.86. The van der Waals surface area contributed by atoms with Crippen LogP contribution in [-0.4, -0.2) is 18.1 Å². The minimum Gasteiger partial charge on any atom is -0.310 e. The lowest BCUT2D eigenvalue weighted by atomic mass is 9.90. The Morgan fingerprint density at radius 1 is 1.40 bits per heavy atom. The highest BCUT2D eigenvalue weighted by atomic mass is 35.5. The second-order valence-corrected chi connectivity index (χ2v) is 7.10. The van der Waals surface area contributed by atoms with Gasteiger partial charge in [0, 0.05) is 11.1 Å². The van der Waals surface area contributed by atoms with Crippen LogP contribution in [0.3, 0.4) is 0 Å². The van der Waals surface area contributed by atoms with Crippen LogP contribution in [0.25, 0.3) is 0 Å². The molecule has 1 N–H and O–H groups in total. The number of rotatable bonds is 6. The van der Waals surface area contributed by atoms with E-state index in [2.05, 4.69) is 12.2 Å². The molecule has 1 aliphatic heterocycles. The summed E-state index contributed by atoms with van der Waals surface area (Å²) >= 11 is 8.32.